The largest absolute Gasteiger partial charge is 0.385 e. The van der Waals surface area contributed by atoms with E-state index < -0.39 is 0 Å². The fourth-order valence-electron chi connectivity index (χ4n) is 1.64. The number of methoxy groups -OCH3 is 1. The molecule has 0 bridgehead atoms. The molecule has 1 atom stereocenters. The van der Waals surface area contributed by atoms with E-state index in [-0.39, 0.29) is 23.8 Å². The summed E-state index contributed by atoms with van der Waals surface area (Å²) in [6, 6.07) is -0.250. The smallest absolute Gasteiger partial charge is 0.236 e. The van der Waals surface area contributed by atoms with Crippen molar-refractivity contribution in [2.45, 2.75) is 32.2 Å². The highest BCUT2D eigenvalue weighted by Gasteiger charge is 2.28. The van der Waals surface area contributed by atoms with E-state index in [2.05, 4.69) is 16.0 Å². The summed E-state index contributed by atoms with van der Waals surface area (Å²) in [5.41, 5.74) is 0. The first-order valence-electron chi connectivity index (χ1n) is 6.93. The van der Waals surface area contributed by atoms with Crippen LogP contribution in [0.4, 0.5) is 0 Å². The fraction of sp³-hybridized carbons (Fsp3) is 0.846. The summed E-state index contributed by atoms with van der Waals surface area (Å²) in [4.78, 5) is 23.0. The molecular weight excluding hydrogens is 246 g/mol. The lowest BCUT2D eigenvalue weighted by Crippen LogP contribution is -2.45. The van der Waals surface area contributed by atoms with Crippen molar-refractivity contribution in [3.05, 3.63) is 0 Å². The van der Waals surface area contributed by atoms with Crippen molar-refractivity contribution in [3.63, 3.8) is 0 Å². The first kappa shape index (κ1) is 15.9. The van der Waals surface area contributed by atoms with Gasteiger partial charge in [-0.1, -0.05) is 0 Å². The molecule has 6 nitrogen and oxygen atoms in total. The van der Waals surface area contributed by atoms with E-state index in [9.17, 15) is 9.59 Å². The lowest BCUT2D eigenvalue weighted by Gasteiger charge is -2.14. The Balaban J connectivity index is 1.97. The van der Waals surface area contributed by atoms with Gasteiger partial charge >= 0.3 is 0 Å². The van der Waals surface area contributed by atoms with E-state index in [1.54, 1.807) is 7.11 Å². The summed E-state index contributed by atoms with van der Waals surface area (Å²) in [6.07, 6.45) is 2.84. The van der Waals surface area contributed by atoms with Gasteiger partial charge < -0.3 is 20.7 Å². The van der Waals surface area contributed by atoms with Crippen LogP contribution >= 0.6 is 0 Å². The van der Waals surface area contributed by atoms with Crippen molar-refractivity contribution in [3.8, 4) is 0 Å². The second kappa shape index (κ2) is 8.87. The molecule has 1 saturated carbocycles. The third-order valence-corrected chi connectivity index (χ3v) is 3.04. The third kappa shape index (κ3) is 7.12. The van der Waals surface area contributed by atoms with Crippen molar-refractivity contribution in [2.24, 2.45) is 5.92 Å². The van der Waals surface area contributed by atoms with Gasteiger partial charge in [0, 0.05) is 39.3 Å². The van der Waals surface area contributed by atoms with Crippen LogP contribution in [0.25, 0.3) is 0 Å². The number of ether oxygens (including phenoxy) is 1. The Morgan fingerprint density at radius 1 is 1.21 bits per heavy atom. The number of hydrogen-bond donors (Lipinski definition) is 3. The standard InChI is InChI=1S/C13H25N3O3/c1-10(12(17)15-6-3-9-19-2)14-7-8-16-13(18)11-4-5-11/h10-11,14H,3-9H2,1-2H3,(H,15,17)(H,16,18). The van der Waals surface area contributed by atoms with E-state index in [1.165, 1.54) is 0 Å². The topological polar surface area (TPSA) is 79.5 Å². The first-order chi connectivity index (χ1) is 9.15. The lowest BCUT2D eigenvalue weighted by molar-refractivity contribution is -0.122. The van der Waals surface area contributed by atoms with Gasteiger partial charge in [0.05, 0.1) is 6.04 Å². The number of nitrogens with one attached hydrogen (secondary N) is 3. The van der Waals surface area contributed by atoms with E-state index in [1.807, 2.05) is 6.92 Å². The van der Waals surface area contributed by atoms with Crippen LogP contribution < -0.4 is 16.0 Å². The first-order valence-corrected chi connectivity index (χ1v) is 6.93. The van der Waals surface area contributed by atoms with Crippen LogP contribution in [0, 0.1) is 5.92 Å². The molecule has 110 valence electrons. The van der Waals surface area contributed by atoms with Gasteiger partial charge in [-0.3, -0.25) is 9.59 Å². The Morgan fingerprint density at radius 3 is 2.58 bits per heavy atom. The molecule has 0 saturated heterocycles. The molecule has 6 heteroatoms. The zero-order valence-corrected chi connectivity index (χ0v) is 11.8. The molecular formula is C13H25N3O3. The molecule has 1 rings (SSSR count). The summed E-state index contributed by atoms with van der Waals surface area (Å²) in [7, 11) is 1.64. The zero-order valence-electron chi connectivity index (χ0n) is 11.8. The molecule has 19 heavy (non-hydrogen) atoms. The van der Waals surface area contributed by atoms with Gasteiger partial charge in [0.2, 0.25) is 11.8 Å². The third-order valence-electron chi connectivity index (χ3n) is 3.04. The minimum atomic E-state index is -0.250. The molecule has 0 aliphatic heterocycles. The van der Waals surface area contributed by atoms with Crippen LogP contribution in [0.15, 0.2) is 0 Å². The van der Waals surface area contributed by atoms with Crippen LogP contribution in [0.3, 0.4) is 0 Å². The molecule has 0 aromatic heterocycles. The molecule has 1 unspecified atom stereocenters. The van der Waals surface area contributed by atoms with Gasteiger partial charge in [-0.15, -0.1) is 0 Å². The Labute approximate surface area is 114 Å². The predicted molar refractivity (Wildman–Crippen MR) is 72.7 cm³/mol. The summed E-state index contributed by atoms with van der Waals surface area (Å²) < 4.78 is 4.90. The van der Waals surface area contributed by atoms with Gasteiger partial charge in [0.15, 0.2) is 0 Å². The average molecular weight is 271 g/mol. The molecule has 0 radical (unpaired) electrons. The minimum absolute atomic E-state index is 0.0235. The van der Waals surface area contributed by atoms with Gasteiger partial charge in [0.25, 0.3) is 0 Å². The van der Waals surface area contributed by atoms with Crippen molar-refractivity contribution in [2.75, 3.05) is 33.4 Å². The van der Waals surface area contributed by atoms with Crippen LogP contribution in [0.1, 0.15) is 26.2 Å². The normalized spacial score (nSPS) is 15.9. The highest BCUT2D eigenvalue weighted by molar-refractivity contribution is 5.81. The van der Waals surface area contributed by atoms with Gasteiger partial charge in [-0.25, -0.2) is 0 Å². The van der Waals surface area contributed by atoms with Crippen LogP contribution in [-0.2, 0) is 14.3 Å². The molecule has 0 aromatic rings. The minimum Gasteiger partial charge on any atom is -0.385 e. The van der Waals surface area contributed by atoms with Crippen molar-refractivity contribution < 1.29 is 14.3 Å². The Bertz CT molecular complexity index is 293. The highest BCUT2D eigenvalue weighted by atomic mass is 16.5. The molecule has 0 spiro atoms. The van der Waals surface area contributed by atoms with Gasteiger partial charge in [-0.2, -0.15) is 0 Å². The van der Waals surface area contributed by atoms with E-state index in [0.717, 1.165) is 19.3 Å². The SMILES string of the molecule is COCCCNC(=O)C(C)NCCNC(=O)C1CC1. The van der Waals surface area contributed by atoms with E-state index >= 15 is 0 Å². The molecule has 2 amide bonds. The second-order valence-electron chi connectivity index (χ2n) is 4.88. The number of carbonyl (C=O) groups excluding carboxylic acids is 2. The van der Waals surface area contributed by atoms with Crippen molar-refractivity contribution in [1.82, 2.24) is 16.0 Å². The Hall–Kier alpha value is -1.14. The fourth-order valence-corrected chi connectivity index (χ4v) is 1.64. The quantitative estimate of drug-likeness (QED) is 0.474. The molecule has 0 aromatic carbocycles. The van der Waals surface area contributed by atoms with E-state index in [4.69, 9.17) is 4.74 Å². The lowest BCUT2D eigenvalue weighted by atomic mass is 10.3. The average Bonchev–Trinajstić information content (AvgIpc) is 3.23. The maximum atomic E-state index is 11.7. The molecule has 1 aliphatic carbocycles. The summed E-state index contributed by atoms with van der Waals surface area (Å²) in [5.74, 6) is 0.351. The molecule has 3 N–H and O–H groups in total. The Morgan fingerprint density at radius 2 is 1.95 bits per heavy atom. The molecule has 0 heterocycles. The van der Waals surface area contributed by atoms with E-state index in [0.29, 0.717) is 26.2 Å². The molecule has 1 aliphatic rings. The number of carbonyl (C=O) groups is 2. The van der Waals surface area contributed by atoms with Crippen molar-refractivity contribution in [1.29, 1.82) is 0 Å². The number of hydrogen-bond acceptors (Lipinski definition) is 4. The van der Waals surface area contributed by atoms with Gasteiger partial charge in [-0.05, 0) is 26.2 Å². The maximum absolute atomic E-state index is 11.7. The van der Waals surface area contributed by atoms with Gasteiger partial charge in [0.1, 0.15) is 0 Å². The van der Waals surface area contributed by atoms with Crippen LogP contribution in [-0.4, -0.2) is 51.2 Å². The van der Waals surface area contributed by atoms with Crippen molar-refractivity contribution >= 4 is 11.8 Å². The summed E-state index contributed by atoms with van der Waals surface area (Å²) in [5, 5.41) is 8.76. The number of amides is 2. The predicted octanol–water partition coefficient (Wildman–Crippen LogP) is -0.357. The monoisotopic (exact) mass is 271 g/mol. The second-order valence-corrected chi connectivity index (χ2v) is 4.88. The van der Waals surface area contributed by atoms with Crippen LogP contribution in [0.5, 0.6) is 0 Å². The summed E-state index contributed by atoms with van der Waals surface area (Å²) in [6.45, 7) is 4.25. The Kier molecular flexibility index (Phi) is 7.43. The van der Waals surface area contributed by atoms with Crippen LogP contribution in [0.2, 0.25) is 0 Å². The zero-order chi connectivity index (χ0) is 14.1. The maximum Gasteiger partial charge on any atom is 0.236 e. The summed E-state index contributed by atoms with van der Waals surface area (Å²) >= 11 is 0. The molecule has 1 fully saturated rings. The highest BCUT2D eigenvalue weighted by Crippen LogP contribution is 2.28. The number of rotatable bonds is 10.